The molecule has 1 aliphatic rings. The van der Waals surface area contributed by atoms with Gasteiger partial charge in [0.05, 0.1) is 6.61 Å². The topological polar surface area (TPSA) is 87.4 Å². The molecule has 1 aliphatic heterocycles. The van der Waals surface area contributed by atoms with E-state index in [0.29, 0.717) is 13.1 Å². The molecule has 1 aromatic heterocycles. The van der Waals surface area contributed by atoms with E-state index in [9.17, 15) is 5.11 Å². The number of hydrogen-bond donors (Lipinski definition) is 3. The summed E-state index contributed by atoms with van der Waals surface area (Å²) < 4.78 is 2.19. The second-order valence-corrected chi connectivity index (χ2v) is 6.51. The third-order valence-electron chi connectivity index (χ3n) is 4.67. The van der Waals surface area contributed by atoms with Crippen LogP contribution in [0.1, 0.15) is 42.9 Å². The van der Waals surface area contributed by atoms with Crippen molar-refractivity contribution in [2.24, 2.45) is 4.99 Å². The van der Waals surface area contributed by atoms with Crippen molar-refractivity contribution in [3.63, 3.8) is 0 Å². The van der Waals surface area contributed by atoms with Gasteiger partial charge in [-0.1, -0.05) is 30.3 Å². The number of rotatable bonds is 7. The van der Waals surface area contributed by atoms with Gasteiger partial charge in [0.2, 0.25) is 0 Å². The van der Waals surface area contributed by atoms with Crippen LogP contribution in [-0.4, -0.2) is 45.5 Å². The summed E-state index contributed by atoms with van der Waals surface area (Å²) in [6.07, 6.45) is 3.37. The number of hydrogen-bond acceptors (Lipinski definition) is 4. The van der Waals surface area contributed by atoms with E-state index >= 15 is 0 Å². The number of aliphatic hydroxyl groups is 1. The molecule has 140 valence electrons. The summed E-state index contributed by atoms with van der Waals surface area (Å²) in [6.45, 7) is 5.00. The molecule has 1 aromatic carbocycles. The lowest BCUT2D eigenvalue weighted by Gasteiger charge is -2.18. The van der Waals surface area contributed by atoms with Crippen molar-refractivity contribution >= 4 is 5.96 Å². The second-order valence-electron chi connectivity index (χ2n) is 6.51. The van der Waals surface area contributed by atoms with Crippen molar-refractivity contribution in [3.8, 4) is 0 Å². The molecule has 3 N–H and O–H groups in total. The summed E-state index contributed by atoms with van der Waals surface area (Å²) in [5.41, 5.74) is 1.12. The normalized spacial score (nSPS) is 15.4. The highest BCUT2D eigenvalue weighted by Gasteiger charge is 2.15. The first-order chi connectivity index (χ1) is 12.8. The zero-order valence-corrected chi connectivity index (χ0v) is 15.4. The molecule has 0 aliphatic carbocycles. The number of fused-ring (bicyclic) bond motifs is 1. The smallest absolute Gasteiger partial charge is 0.191 e. The Morgan fingerprint density at radius 2 is 2.08 bits per heavy atom. The van der Waals surface area contributed by atoms with Gasteiger partial charge >= 0.3 is 0 Å². The quantitative estimate of drug-likeness (QED) is 0.516. The number of aliphatic hydroxyl groups excluding tert-OH is 1. The van der Waals surface area contributed by atoms with E-state index < -0.39 is 0 Å². The van der Waals surface area contributed by atoms with Crippen molar-refractivity contribution in [2.75, 3.05) is 19.7 Å². The van der Waals surface area contributed by atoms with Crippen LogP contribution in [0.25, 0.3) is 0 Å². The second kappa shape index (κ2) is 9.33. The van der Waals surface area contributed by atoms with E-state index in [4.69, 9.17) is 0 Å². The van der Waals surface area contributed by atoms with Gasteiger partial charge in [-0.3, -0.25) is 0 Å². The van der Waals surface area contributed by atoms with Gasteiger partial charge in [-0.2, -0.15) is 0 Å². The molecule has 7 nitrogen and oxygen atoms in total. The molecule has 2 aromatic rings. The minimum atomic E-state index is 0.0286. The number of benzene rings is 1. The predicted molar refractivity (Wildman–Crippen MR) is 102 cm³/mol. The molecule has 0 fully saturated rings. The minimum absolute atomic E-state index is 0.0286. The first kappa shape index (κ1) is 18.4. The summed E-state index contributed by atoms with van der Waals surface area (Å²) in [5, 5.41) is 24.9. The van der Waals surface area contributed by atoms with Crippen LogP contribution in [0.5, 0.6) is 0 Å². The highest BCUT2D eigenvalue weighted by Crippen LogP contribution is 2.15. The zero-order valence-electron chi connectivity index (χ0n) is 15.4. The van der Waals surface area contributed by atoms with E-state index in [1.54, 1.807) is 0 Å². The van der Waals surface area contributed by atoms with Gasteiger partial charge in [0.15, 0.2) is 11.8 Å². The Morgan fingerprint density at radius 3 is 2.85 bits per heavy atom. The summed E-state index contributed by atoms with van der Waals surface area (Å²) in [5.74, 6) is 2.75. The molecule has 2 heterocycles. The van der Waals surface area contributed by atoms with Crippen LogP contribution in [0.2, 0.25) is 0 Å². The van der Waals surface area contributed by atoms with Gasteiger partial charge in [0.1, 0.15) is 12.4 Å². The van der Waals surface area contributed by atoms with Crippen LogP contribution in [0, 0.1) is 0 Å². The number of aliphatic imine (C=N–C) groups is 1. The molecule has 0 bridgehead atoms. The molecule has 7 heteroatoms. The Morgan fingerprint density at radius 1 is 1.23 bits per heavy atom. The van der Waals surface area contributed by atoms with Crippen molar-refractivity contribution in [2.45, 2.75) is 45.2 Å². The lowest BCUT2D eigenvalue weighted by atomic mass is 10.0. The number of nitrogens with zero attached hydrogens (tertiary/aromatic N) is 4. The lowest BCUT2D eigenvalue weighted by Crippen LogP contribution is -2.40. The van der Waals surface area contributed by atoms with Crippen LogP contribution >= 0.6 is 0 Å². The fraction of sp³-hybridized carbons (Fsp3) is 0.526. The molecular formula is C19H28N6O. The Hall–Kier alpha value is -2.41. The Bertz CT molecular complexity index is 712. The fourth-order valence-electron chi connectivity index (χ4n) is 3.21. The predicted octanol–water partition coefficient (Wildman–Crippen LogP) is 1.45. The monoisotopic (exact) mass is 356 g/mol. The van der Waals surface area contributed by atoms with Gasteiger partial charge in [-0.15, -0.1) is 10.2 Å². The Balaban J connectivity index is 1.63. The third-order valence-corrected chi connectivity index (χ3v) is 4.67. The van der Waals surface area contributed by atoms with Crippen LogP contribution in [0.4, 0.5) is 0 Å². The van der Waals surface area contributed by atoms with E-state index in [2.05, 4.69) is 30.4 Å². The van der Waals surface area contributed by atoms with Gasteiger partial charge in [-0.25, -0.2) is 4.99 Å². The molecule has 0 radical (unpaired) electrons. The first-order valence-electron chi connectivity index (χ1n) is 9.40. The molecule has 0 saturated carbocycles. The molecule has 0 amide bonds. The summed E-state index contributed by atoms with van der Waals surface area (Å²) >= 11 is 0. The number of guanidine groups is 1. The van der Waals surface area contributed by atoms with Crippen molar-refractivity contribution in [3.05, 3.63) is 47.5 Å². The van der Waals surface area contributed by atoms with E-state index in [1.165, 1.54) is 12.8 Å². The van der Waals surface area contributed by atoms with Crippen molar-refractivity contribution in [1.29, 1.82) is 0 Å². The van der Waals surface area contributed by atoms with E-state index in [0.717, 1.165) is 42.7 Å². The maximum absolute atomic E-state index is 9.71. The molecule has 1 atom stereocenters. The third kappa shape index (κ3) is 4.60. The largest absolute Gasteiger partial charge is 0.396 e. The van der Waals surface area contributed by atoms with E-state index in [1.807, 2.05) is 37.3 Å². The Kier molecular flexibility index (Phi) is 6.60. The molecule has 1 unspecified atom stereocenters. The SMILES string of the molecule is CCNC(=NCc1nnc2n1CCCC2)NCC(CO)c1ccccc1. The van der Waals surface area contributed by atoms with Crippen molar-refractivity contribution < 1.29 is 5.11 Å². The number of nitrogens with one attached hydrogen (secondary N) is 2. The zero-order chi connectivity index (χ0) is 18.2. The van der Waals surface area contributed by atoms with Crippen LogP contribution in [0.3, 0.4) is 0 Å². The fourth-order valence-corrected chi connectivity index (χ4v) is 3.21. The average molecular weight is 356 g/mol. The maximum atomic E-state index is 9.71. The summed E-state index contributed by atoms with van der Waals surface area (Å²) in [6, 6.07) is 10.0. The summed E-state index contributed by atoms with van der Waals surface area (Å²) in [7, 11) is 0. The highest BCUT2D eigenvalue weighted by atomic mass is 16.3. The Labute approximate surface area is 154 Å². The van der Waals surface area contributed by atoms with Gasteiger partial charge in [0.25, 0.3) is 0 Å². The van der Waals surface area contributed by atoms with Crippen LogP contribution < -0.4 is 10.6 Å². The van der Waals surface area contributed by atoms with Gasteiger partial charge < -0.3 is 20.3 Å². The number of aryl methyl sites for hydroxylation is 1. The number of aromatic nitrogens is 3. The minimum Gasteiger partial charge on any atom is -0.396 e. The average Bonchev–Trinajstić information content (AvgIpc) is 3.10. The van der Waals surface area contributed by atoms with Crippen molar-refractivity contribution in [1.82, 2.24) is 25.4 Å². The maximum Gasteiger partial charge on any atom is 0.191 e. The molecular weight excluding hydrogens is 328 g/mol. The first-order valence-corrected chi connectivity index (χ1v) is 9.40. The standard InChI is InChI=1S/C19H28N6O/c1-2-20-19(21-12-16(14-26)15-8-4-3-5-9-15)22-13-18-24-23-17-10-6-7-11-25(17)18/h3-5,8-9,16,26H,2,6-7,10-14H2,1H3,(H2,20,21,22). The van der Waals surface area contributed by atoms with E-state index in [-0.39, 0.29) is 12.5 Å². The molecule has 0 saturated heterocycles. The highest BCUT2D eigenvalue weighted by molar-refractivity contribution is 5.79. The van der Waals surface area contributed by atoms with Crippen LogP contribution in [-0.2, 0) is 19.5 Å². The van der Waals surface area contributed by atoms with Gasteiger partial charge in [0, 0.05) is 32.0 Å². The van der Waals surface area contributed by atoms with Gasteiger partial charge in [-0.05, 0) is 25.3 Å². The molecule has 26 heavy (non-hydrogen) atoms. The summed E-state index contributed by atoms with van der Waals surface area (Å²) in [4.78, 5) is 4.65. The van der Waals surface area contributed by atoms with Crippen LogP contribution in [0.15, 0.2) is 35.3 Å². The molecule has 3 rings (SSSR count). The molecule has 0 spiro atoms. The lowest BCUT2D eigenvalue weighted by molar-refractivity contribution is 0.265.